The van der Waals surface area contributed by atoms with Gasteiger partial charge in [0.1, 0.15) is 5.75 Å². The van der Waals surface area contributed by atoms with Gasteiger partial charge in [-0.15, -0.1) is 0 Å². The third-order valence-corrected chi connectivity index (χ3v) is 3.03. The van der Waals surface area contributed by atoms with Gasteiger partial charge in [0, 0.05) is 12.1 Å². The number of hydrogen-bond donors (Lipinski definition) is 0. The Morgan fingerprint density at radius 3 is 2.38 bits per heavy atom. The summed E-state index contributed by atoms with van der Waals surface area (Å²) in [5.74, 6) is -0.956. The number of esters is 2. The number of methoxy groups -OCH3 is 1. The molecule has 122 valence electrons. The Balaban J connectivity index is 2.06. The Labute approximate surface area is 137 Å². The van der Waals surface area contributed by atoms with Crippen molar-refractivity contribution in [1.29, 1.82) is 0 Å². The molecule has 7 heteroatoms. The molecule has 2 rings (SSSR count). The van der Waals surface area contributed by atoms with Crippen LogP contribution in [0.2, 0.25) is 0 Å². The Kier molecular flexibility index (Phi) is 5.40. The summed E-state index contributed by atoms with van der Waals surface area (Å²) in [5, 5.41) is 10.9. The molecule has 0 aliphatic heterocycles. The summed E-state index contributed by atoms with van der Waals surface area (Å²) < 4.78 is 9.62. The third kappa shape index (κ3) is 4.26. The van der Waals surface area contributed by atoms with Gasteiger partial charge in [-0.25, -0.2) is 9.59 Å². The SMILES string of the molecule is COC(=O)c1ccc(OC(=O)/C=C/c2ccccc2[N+](=O)[O-])cc1. The maximum Gasteiger partial charge on any atom is 0.337 e. The summed E-state index contributed by atoms with van der Waals surface area (Å²) in [7, 11) is 1.27. The molecule has 0 atom stereocenters. The first-order chi connectivity index (χ1) is 11.5. The van der Waals surface area contributed by atoms with Gasteiger partial charge in [-0.2, -0.15) is 0 Å². The van der Waals surface area contributed by atoms with Crippen LogP contribution in [0.25, 0.3) is 6.08 Å². The normalized spacial score (nSPS) is 10.4. The topological polar surface area (TPSA) is 95.7 Å². The molecule has 0 unspecified atom stereocenters. The van der Waals surface area contributed by atoms with Gasteiger partial charge in [0.05, 0.1) is 23.2 Å². The van der Waals surface area contributed by atoms with E-state index in [0.29, 0.717) is 11.1 Å². The molecule has 0 heterocycles. The van der Waals surface area contributed by atoms with Crippen molar-refractivity contribution in [3.8, 4) is 5.75 Å². The van der Waals surface area contributed by atoms with E-state index in [4.69, 9.17) is 4.74 Å². The molecule has 0 aromatic heterocycles. The number of nitrogens with zero attached hydrogens (tertiary/aromatic N) is 1. The zero-order valence-electron chi connectivity index (χ0n) is 12.7. The van der Waals surface area contributed by atoms with Crippen LogP contribution in [0.3, 0.4) is 0 Å². The molecule has 0 N–H and O–H groups in total. The highest BCUT2D eigenvalue weighted by Crippen LogP contribution is 2.19. The molecule has 7 nitrogen and oxygen atoms in total. The number of carbonyl (C=O) groups is 2. The highest BCUT2D eigenvalue weighted by atomic mass is 16.6. The predicted molar refractivity (Wildman–Crippen MR) is 85.5 cm³/mol. The summed E-state index contributed by atoms with van der Waals surface area (Å²) in [5.41, 5.74) is 0.511. The Bertz CT molecular complexity index is 795. The van der Waals surface area contributed by atoms with Gasteiger partial charge in [0.25, 0.3) is 5.69 Å². The van der Waals surface area contributed by atoms with E-state index in [9.17, 15) is 19.7 Å². The average molecular weight is 327 g/mol. The molecule has 0 saturated heterocycles. The van der Waals surface area contributed by atoms with E-state index in [-0.39, 0.29) is 11.4 Å². The van der Waals surface area contributed by atoms with Gasteiger partial charge in [-0.1, -0.05) is 12.1 Å². The van der Waals surface area contributed by atoms with E-state index in [0.717, 1.165) is 6.08 Å². The fourth-order valence-corrected chi connectivity index (χ4v) is 1.88. The van der Waals surface area contributed by atoms with Crippen molar-refractivity contribution in [2.75, 3.05) is 7.11 Å². The second-order valence-corrected chi connectivity index (χ2v) is 4.59. The monoisotopic (exact) mass is 327 g/mol. The highest BCUT2D eigenvalue weighted by molar-refractivity contribution is 5.91. The van der Waals surface area contributed by atoms with Crippen LogP contribution in [-0.4, -0.2) is 24.0 Å². The van der Waals surface area contributed by atoms with Crippen LogP contribution in [0.4, 0.5) is 5.69 Å². The minimum Gasteiger partial charge on any atom is -0.465 e. The molecule has 0 spiro atoms. The fourth-order valence-electron chi connectivity index (χ4n) is 1.88. The molecular weight excluding hydrogens is 314 g/mol. The second-order valence-electron chi connectivity index (χ2n) is 4.59. The van der Waals surface area contributed by atoms with Crippen molar-refractivity contribution in [3.63, 3.8) is 0 Å². The van der Waals surface area contributed by atoms with Crippen LogP contribution < -0.4 is 4.74 Å². The lowest BCUT2D eigenvalue weighted by molar-refractivity contribution is -0.385. The van der Waals surface area contributed by atoms with Crippen molar-refractivity contribution in [2.24, 2.45) is 0 Å². The van der Waals surface area contributed by atoms with Crippen LogP contribution in [0.1, 0.15) is 15.9 Å². The van der Waals surface area contributed by atoms with Gasteiger partial charge in [0.2, 0.25) is 0 Å². The van der Waals surface area contributed by atoms with E-state index in [1.807, 2.05) is 0 Å². The van der Waals surface area contributed by atoms with E-state index in [2.05, 4.69) is 4.74 Å². The van der Waals surface area contributed by atoms with Crippen molar-refractivity contribution in [2.45, 2.75) is 0 Å². The summed E-state index contributed by atoms with van der Waals surface area (Å²) in [6.45, 7) is 0. The second kappa shape index (κ2) is 7.68. The van der Waals surface area contributed by atoms with Crippen molar-refractivity contribution in [3.05, 3.63) is 75.8 Å². The lowest BCUT2D eigenvalue weighted by Gasteiger charge is -2.03. The van der Waals surface area contributed by atoms with E-state index in [1.165, 1.54) is 55.7 Å². The molecule has 0 saturated carbocycles. The maximum absolute atomic E-state index is 11.8. The summed E-state index contributed by atoms with van der Waals surface area (Å²) >= 11 is 0. The zero-order chi connectivity index (χ0) is 17.5. The molecule has 0 aliphatic rings. The van der Waals surface area contributed by atoms with Crippen LogP contribution >= 0.6 is 0 Å². The maximum atomic E-state index is 11.8. The summed E-state index contributed by atoms with van der Waals surface area (Å²) in [6, 6.07) is 11.8. The fraction of sp³-hybridized carbons (Fsp3) is 0.0588. The Hall–Kier alpha value is -3.48. The number of hydrogen-bond acceptors (Lipinski definition) is 6. The first kappa shape index (κ1) is 16.9. The molecule has 0 aliphatic carbocycles. The Morgan fingerprint density at radius 2 is 1.75 bits per heavy atom. The smallest absolute Gasteiger partial charge is 0.337 e. The third-order valence-electron chi connectivity index (χ3n) is 3.03. The number of rotatable bonds is 5. The summed E-state index contributed by atoms with van der Waals surface area (Å²) in [6.07, 6.45) is 2.40. The highest BCUT2D eigenvalue weighted by Gasteiger charge is 2.10. The molecule has 0 bridgehead atoms. The first-order valence-electron chi connectivity index (χ1n) is 6.83. The van der Waals surface area contributed by atoms with Gasteiger partial charge >= 0.3 is 11.9 Å². The first-order valence-corrected chi connectivity index (χ1v) is 6.83. The number of ether oxygens (including phenoxy) is 2. The minimum atomic E-state index is -0.695. The number of nitro benzene ring substituents is 1. The van der Waals surface area contributed by atoms with E-state index < -0.39 is 16.9 Å². The van der Waals surface area contributed by atoms with Gasteiger partial charge < -0.3 is 9.47 Å². The van der Waals surface area contributed by atoms with Gasteiger partial charge in [-0.05, 0) is 36.4 Å². The van der Waals surface area contributed by atoms with Crippen molar-refractivity contribution >= 4 is 23.7 Å². The van der Waals surface area contributed by atoms with Crippen molar-refractivity contribution in [1.82, 2.24) is 0 Å². The van der Waals surface area contributed by atoms with E-state index >= 15 is 0 Å². The molecule has 0 fully saturated rings. The number of carbonyl (C=O) groups excluding carboxylic acids is 2. The van der Waals surface area contributed by atoms with Crippen LogP contribution in [0.5, 0.6) is 5.75 Å². The number of para-hydroxylation sites is 1. The van der Waals surface area contributed by atoms with Crippen LogP contribution in [0.15, 0.2) is 54.6 Å². The summed E-state index contributed by atoms with van der Waals surface area (Å²) in [4.78, 5) is 33.4. The standard InChI is InChI=1S/C17H13NO6/c1-23-17(20)13-6-9-14(10-7-13)24-16(19)11-8-12-4-2-3-5-15(12)18(21)22/h2-11H,1H3/b11-8+. The van der Waals surface area contributed by atoms with Crippen molar-refractivity contribution < 1.29 is 24.0 Å². The molecular formula is C17H13NO6. The molecule has 0 amide bonds. The van der Waals surface area contributed by atoms with E-state index in [1.54, 1.807) is 6.07 Å². The lowest BCUT2D eigenvalue weighted by Crippen LogP contribution is -2.05. The molecule has 24 heavy (non-hydrogen) atoms. The molecule has 0 radical (unpaired) electrons. The minimum absolute atomic E-state index is 0.107. The van der Waals surface area contributed by atoms with Crippen LogP contribution in [-0.2, 0) is 9.53 Å². The molecule has 2 aromatic carbocycles. The number of benzene rings is 2. The lowest BCUT2D eigenvalue weighted by atomic mass is 10.1. The quantitative estimate of drug-likeness (QED) is 0.275. The zero-order valence-corrected chi connectivity index (χ0v) is 12.7. The Morgan fingerprint density at radius 1 is 1.08 bits per heavy atom. The largest absolute Gasteiger partial charge is 0.465 e. The number of nitro groups is 1. The van der Waals surface area contributed by atoms with Crippen LogP contribution in [0, 0.1) is 10.1 Å². The predicted octanol–water partition coefficient (Wildman–Crippen LogP) is 3.00. The average Bonchev–Trinajstić information content (AvgIpc) is 2.60. The van der Waals surface area contributed by atoms with Gasteiger partial charge in [-0.3, -0.25) is 10.1 Å². The molecule has 2 aromatic rings. The van der Waals surface area contributed by atoms with Gasteiger partial charge in [0.15, 0.2) is 0 Å².